The van der Waals surface area contributed by atoms with Crippen molar-refractivity contribution in [2.45, 2.75) is 52.4 Å². The summed E-state index contributed by atoms with van der Waals surface area (Å²) in [5, 5.41) is 0. The van der Waals surface area contributed by atoms with Crippen molar-refractivity contribution < 1.29 is 4.79 Å². The number of carbonyl (C=O) groups is 1. The molecule has 0 aliphatic heterocycles. The second kappa shape index (κ2) is 3.11. The summed E-state index contributed by atoms with van der Waals surface area (Å²) in [6.07, 6.45) is 7.37. The Morgan fingerprint density at radius 1 is 1.31 bits per heavy atom. The summed E-state index contributed by atoms with van der Waals surface area (Å²) < 4.78 is 0. The lowest BCUT2D eigenvalue weighted by molar-refractivity contribution is -0.132. The van der Waals surface area contributed by atoms with Crippen LogP contribution in [0.1, 0.15) is 52.4 Å². The molecule has 0 N–H and O–H groups in total. The quantitative estimate of drug-likeness (QED) is 0.559. The van der Waals surface area contributed by atoms with E-state index in [4.69, 9.17) is 0 Å². The molecular weight excluding hydrogens is 160 g/mol. The zero-order valence-electron chi connectivity index (χ0n) is 8.81. The SMILES string of the molecule is C[C@H]1C(=O)CC[C@@]2(C)CCCC[C@@H]12. The van der Waals surface area contributed by atoms with Crippen LogP contribution in [0.4, 0.5) is 0 Å². The van der Waals surface area contributed by atoms with E-state index in [-0.39, 0.29) is 0 Å². The molecule has 13 heavy (non-hydrogen) atoms. The first-order chi connectivity index (χ1) is 6.13. The molecule has 0 spiro atoms. The van der Waals surface area contributed by atoms with Gasteiger partial charge in [-0.2, -0.15) is 0 Å². The van der Waals surface area contributed by atoms with Crippen molar-refractivity contribution in [1.82, 2.24) is 0 Å². The van der Waals surface area contributed by atoms with Crippen LogP contribution in [0.2, 0.25) is 0 Å². The Morgan fingerprint density at radius 3 is 2.85 bits per heavy atom. The van der Waals surface area contributed by atoms with Crippen LogP contribution in [0.15, 0.2) is 0 Å². The van der Waals surface area contributed by atoms with E-state index in [1.165, 1.54) is 25.7 Å². The van der Waals surface area contributed by atoms with Gasteiger partial charge in [0, 0.05) is 12.3 Å². The van der Waals surface area contributed by atoms with Gasteiger partial charge in [-0.3, -0.25) is 4.79 Å². The number of carbonyl (C=O) groups excluding carboxylic acids is 1. The van der Waals surface area contributed by atoms with Gasteiger partial charge in [0.1, 0.15) is 5.78 Å². The molecule has 0 aromatic carbocycles. The van der Waals surface area contributed by atoms with Crippen molar-refractivity contribution in [2.24, 2.45) is 17.3 Å². The minimum atomic E-state index is 0.346. The molecule has 0 radical (unpaired) electrons. The van der Waals surface area contributed by atoms with Crippen molar-refractivity contribution in [3.8, 4) is 0 Å². The lowest BCUT2D eigenvalue weighted by Crippen LogP contribution is -2.42. The molecule has 0 bridgehead atoms. The van der Waals surface area contributed by atoms with Crippen LogP contribution in [0.3, 0.4) is 0 Å². The topological polar surface area (TPSA) is 17.1 Å². The van der Waals surface area contributed by atoms with Crippen molar-refractivity contribution in [3.05, 3.63) is 0 Å². The van der Waals surface area contributed by atoms with Crippen LogP contribution in [-0.4, -0.2) is 5.78 Å². The van der Waals surface area contributed by atoms with Gasteiger partial charge in [-0.05, 0) is 30.6 Å². The predicted octanol–water partition coefficient (Wildman–Crippen LogP) is 3.18. The molecule has 2 aliphatic rings. The van der Waals surface area contributed by atoms with E-state index >= 15 is 0 Å². The van der Waals surface area contributed by atoms with Crippen molar-refractivity contribution in [1.29, 1.82) is 0 Å². The van der Waals surface area contributed by atoms with E-state index in [0.717, 1.165) is 12.8 Å². The molecule has 2 fully saturated rings. The molecule has 0 aromatic rings. The smallest absolute Gasteiger partial charge is 0.136 e. The number of hydrogen-bond acceptors (Lipinski definition) is 1. The van der Waals surface area contributed by atoms with Crippen molar-refractivity contribution in [3.63, 3.8) is 0 Å². The van der Waals surface area contributed by atoms with E-state index in [0.29, 0.717) is 23.0 Å². The first-order valence-electron chi connectivity index (χ1n) is 5.66. The Labute approximate surface area is 80.9 Å². The maximum Gasteiger partial charge on any atom is 0.136 e. The minimum Gasteiger partial charge on any atom is -0.299 e. The van der Waals surface area contributed by atoms with Crippen LogP contribution in [0.25, 0.3) is 0 Å². The van der Waals surface area contributed by atoms with Gasteiger partial charge in [-0.15, -0.1) is 0 Å². The summed E-state index contributed by atoms with van der Waals surface area (Å²) >= 11 is 0. The standard InChI is InChI=1S/C12H20O/c1-9-10-5-3-4-7-12(10,2)8-6-11(9)13/h9-10H,3-8H2,1-2H3/t9-,10+,12-/m1/s1. The first kappa shape index (κ1) is 9.23. The molecule has 0 amide bonds. The summed E-state index contributed by atoms with van der Waals surface area (Å²) in [6.45, 7) is 4.55. The Morgan fingerprint density at radius 2 is 2.08 bits per heavy atom. The highest BCUT2D eigenvalue weighted by Crippen LogP contribution is 2.51. The zero-order chi connectivity index (χ0) is 9.47. The fourth-order valence-electron chi connectivity index (χ4n) is 3.45. The van der Waals surface area contributed by atoms with E-state index in [1.54, 1.807) is 0 Å². The highest BCUT2D eigenvalue weighted by atomic mass is 16.1. The van der Waals surface area contributed by atoms with Gasteiger partial charge in [0.25, 0.3) is 0 Å². The molecule has 0 aromatic heterocycles. The molecule has 0 unspecified atom stereocenters. The Balaban J connectivity index is 2.19. The Kier molecular flexibility index (Phi) is 2.21. The largest absolute Gasteiger partial charge is 0.299 e. The monoisotopic (exact) mass is 180 g/mol. The van der Waals surface area contributed by atoms with Crippen molar-refractivity contribution >= 4 is 5.78 Å². The Hall–Kier alpha value is -0.330. The van der Waals surface area contributed by atoms with Crippen LogP contribution in [-0.2, 0) is 4.79 Å². The predicted molar refractivity (Wildman–Crippen MR) is 53.5 cm³/mol. The summed E-state index contributed by atoms with van der Waals surface area (Å²) in [5.41, 5.74) is 0.506. The molecule has 74 valence electrons. The first-order valence-corrected chi connectivity index (χ1v) is 5.66. The molecule has 0 saturated heterocycles. The Bertz CT molecular complexity index is 221. The van der Waals surface area contributed by atoms with Gasteiger partial charge in [-0.1, -0.05) is 26.7 Å². The van der Waals surface area contributed by atoms with Crippen LogP contribution in [0.5, 0.6) is 0 Å². The van der Waals surface area contributed by atoms with Gasteiger partial charge in [0.05, 0.1) is 0 Å². The van der Waals surface area contributed by atoms with Crippen LogP contribution >= 0.6 is 0 Å². The fourth-order valence-corrected chi connectivity index (χ4v) is 3.45. The number of Topliss-reactive ketones (excluding diaryl/α,β-unsaturated/α-hetero) is 1. The minimum absolute atomic E-state index is 0.346. The van der Waals surface area contributed by atoms with Gasteiger partial charge >= 0.3 is 0 Å². The van der Waals surface area contributed by atoms with Crippen LogP contribution in [0, 0.1) is 17.3 Å². The number of fused-ring (bicyclic) bond motifs is 1. The zero-order valence-corrected chi connectivity index (χ0v) is 8.81. The molecule has 0 heterocycles. The van der Waals surface area contributed by atoms with Gasteiger partial charge in [0.2, 0.25) is 0 Å². The van der Waals surface area contributed by atoms with Crippen LogP contribution < -0.4 is 0 Å². The second-order valence-corrected chi connectivity index (χ2v) is 5.26. The average Bonchev–Trinajstić information content (AvgIpc) is 2.12. The third-order valence-corrected chi connectivity index (χ3v) is 4.46. The lowest BCUT2D eigenvalue weighted by atomic mass is 9.57. The van der Waals surface area contributed by atoms with Gasteiger partial charge in [0.15, 0.2) is 0 Å². The molecule has 1 nitrogen and oxygen atoms in total. The summed E-state index contributed by atoms with van der Waals surface area (Å²) in [6, 6.07) is 0. The summed E-state index contributed by atoms with van der Waals surface area (Å²) in [5.74, 6) is 1.56. The highest BCUT2D eigenvalue weighted by Gasteiger charge is 2.44. The molecule has 2 rings (SSSR count). The summed E-state index contributed by atoms with van der Waals surface area (Å²) in [7, 11) is 0. The number of ketones is 1. The van der Waals surface area contributed by atoms with Crippen molar-refractivity contribution in [2.75, 3.05) is 0 Å². The fraction of sp³-hybridized carbons (Fsp3) is 0.917. The third kappa shape index (κ3) is 1.43. The van der Waals surface area contributed by atoms with E-state index in [2.05, 4.69) is 13.8 Å². The number of hydrogen-bond donors (Lipinski definition) is 0. The highest BCUT2D eigenvalue weighted by molar-refractivity contribution is 5.82. The van der Waals surface area contributed by atoms with Gasteiger partial charge in [-0.25, -0.2) is 0 Å². The maximum atomic E-state index is 11.6. The molecule has 3 atom stereocenters. The normalized spacial score (nSPS) is 45.8. The number of rotatable bonds is 0. The maximum absolute atomic E-state index is 11.6. The molecule has 2 aliphatic carbocycles. The van der Waals surface area contributed by atoms with E-state index < -0.39 is 0 Å². The molecule has 2 saturated carbocycles. The lowest BCUT2D eigenvalue weighted by Gasteiger charge is -2.47. The second-order valence-electron chi connectivity index (χ2n) is 5.26. The van der Waals surface area contributed by atoms with Gasteiger partial charge < -0.3 is 0 Å². The molecular formula is C12H20O. The van der Waals surface area contributed by atoms with E-state index in [9.17, 15) is 4.79 Å². The average molecular weight is 180 g/mol. The van der Waals surface area contributed by atoms with E-state index in [1.807, 2.05) is 0 Å². The third-order valence-electron chi connectivity index (χ3n) is 4.46. The summed E-state index contributed by atoms with van der Waals surface area (Å²) in [4.78, 5) is 11.6. The molecule has 1 heteroatoms.